The van der Waals surface area contributed by atoms with E-state index in [9.17, 15) is 13.2 Å². The number of aromatic nitrogens is 1. The summed E-state index contributed by atoms with van der Waals surface area (Å²) in [6.07, 6.45) is -4.88. The molecule has 1 N–H and O–H groups in total. The smallest absolute Gasteiger partial charge is 0.313 e. The second kappa shape index (κ2) is 5.79. The van der Waals surface area contributed by atoms with Gasteiger partial charge in [-0.15, -0.1) is 0 Å². The minimum absolute atomic E-state index is 0.0325. The van der Waals surface area contributed by atoms with Gasteiger partial charge in [0, 0.05) is 23.5 Å². The van der Waals surface area contributed by atoms with E-state index < -0.39 is 12.6 Å². The molecule has 0 aliphatic heterocycles. The summed E-state index contributed by atoms with van der Waals surface area (Å²) in [4.78, 5) is 4.39. The molecule has 2 aromatic rings. The van der Waals surface area contributed by atoms with Gasteiger partial charge in [0.05, 0.1) is 5.52 Å². The van der Waals surface area contributed by atoms with Crippen molar-refractivity contribution in [2.24, 2.45) is 0 Å². The Kier molecular flexibility index (Phi) is 4.28. The van der Waals surface area contributed by atoms with Crippen molar-refractivity contribution in [1.29, 1.82) is 0 Å². The molecule has 5 heteroatoms. The molecule has 0 aliphatic carbocycles. The molecule has 0 saturated carbocycles. The van der Waals surface area contributed by atoms with Crippen LogP contribution in [0.25, 0.3) is 10.9 Å². The van der Waals surface area contributed by atoms with Crippen LogP contribution in [0.1, 0.15) is 30.1 Å². The Morgan fingerprint density at radius 2 is 1.95 bits per heavy atom. The first kappa shape index (κ1) is 14.8. The summed E-state index contributed by atoms with van der Waals surface area (Å²) in [7, 11) is 1.68. The second-order valence-corrected chi connectivity index (χ2v) is 4.90. The summed E-state index contributed by atoms with van der Waals surface area (Å²) in [5.41, 5.74) is 2.64. The van der Waals surface area contributed by atoms with Gasteiger partial charge in [-0.25, -0.2) is 0 Å². The lowest BCUT2D eigenvalue weighted by atomic mass is 10.00. The Morgan fingerprint density at radius 3 is 2.60 bits per heavy atom. The first-order chi connectivity index (χ1) is 9.39. The van der Waals surface area contributed by atoms with Crippen molar-refractivity contribution < 1.29 is 13.2 Å². The van der Waals surface area contributed by atoms with E-state index in [2.05, 4.69) is 10.3 Å². The Balaban J connectivity index is 2.23. The molecular formula is C15H17F3N2. The molecule has 0 bridgehead atoms. The number of fused-ring (bicyclic) bond motifs is 1. The van der Waals surface area contributed by atoms with Crippen LogP contribution in [0.5, 0.6) is 0 Å². The summed E-state index contributed by atoms with van der Waals surface area (Å²) in [6, 6.07) is 9.14. The lowest BCUT2D eigenvalue weighted by molar-refractivity contribution is -0.136. The molecule has 0 spiro atoms. The Labute approximate surface area is 116 Å². The van der Waals surface area contributed by atoms with Crippen LogP contribution in [0.4, 0.5) is 13.2 Å². The summed E-state index contributed by atoms with van der Waals surface area (Å²) in [5.74, 6) is 0. The lowest BCUT2D eigenvalue weighted by Gasteiger charge is -2.18. The first-order valence-electron chi connectivity index (χ1n) is 6.50. The zero-order chi connectivity index (χ0) is 14.8. The SMILES string of the molecule is CNC(CCC(F)(F)F)c1ccc2nc(C)ccc2c1. The maximum absolute atomic E-state index is 12.3. The second-order valence-electron chi connectivity index (χ2n) is 4.90. The average molecular weight is 282 g/mol. The van der Waals surface area contributed by atoms with Crippen LogP contribution in [-0.2, 0) is 0 Å². The fourth-order valence-corrected chi connectivity index (χ4v) is 2.25. The van der Waals surface area contributed by atoms with Crippen LogP contribution in [-0.4, -0.2) is 18.2 Å². The number of benzene rings is 1. The van der Waals surface area contributed by atoms with Gasteiger partial charge >= 0.3 is 6.18 Å². The minimum Gasteiger partial charge on any atom is -0.313 e. The van der Waals surface area contributed by atoms with Crippen molar-refractivity contribution in [1.82, 2.24) is 10.3 Å². The van der Waals surface area contributed by atoms with E-state index >= 15 is 0 Å². The van der Waals surface area contributed by atoms with E-state index in [0.717, 1.165) is 22.2 Å². The predicted octanol–water partition coefficient (Wildman–Crippen LogP) is 4.15. The number of hydrogen-bond donors (Lipinski definition) is 1. The lowest BCUT2D eigenvalue weighted by Crippen LogP contribution is -2.19. The third-order valence-corrected chi connectivity index (χ3v) is 3.32. The number of alkyl halides is 3. The Hall–Kier alpha value is -1.62. The van der Waals surface area contributed by atoms with Gasteiger partial charge in [0.15, 0.2) is 0 Å². The molecule has 108 valence electrons. The fraction of sp³-hybridized carbons (Fsp3) is 0.400. The molecule has 1 unspecified atom stereocenters. The molecule has 1 heterocycles. The summed E-state index contributed by atoms with van der Waals surface area (Å²) in [6.45, 7) is 1.91. The fourth-order valence-electron chi connectivity index (χ4n) is 2.25. The van der Waals surface area contributed by atoms with Crippen molar-refractivity contribution >= 4 is 10.9 Å². The number of nitrogens with zero attached hydrogens (tertiary/aromatic N) is 1. The van der Waals surface area contributed by atoms with E-state index in [1.165, 1.54) is 0 Å². The normalized spacial score (nSPS) is 13.7. The predicted molar refractivity (Wildman–Crippen MR) is 73.6 cm³/mol. The van der Waals surface area contributed by atoms with Crippen LogP contribution < -0.4 is 5.32 Å². The Bertz CT molecular complexity index is 593. The monoisotopic (exact) mass is 282 g/mol. The van der Waals surface area contributed by atoms with Gasteiger partial charge in [-0.2, -0.15) is 13.2 Å². The van der Waals surface area contributed by atoms with Crippen LogP contribution in [0.15, 0.2) is 30.3 Å². The van der Waals surface area contributed by atoms with Crippen molar-refractivity contribution in [3.8, 4) is 0 Å². The van der Waals surface area contributed by atoms with Gasteiger partial charge in [0.1, 0.15) is 0 Å². The molecule has 0 fully saturated rings. The maximum atomic E-state index is 12.3. The van der Waals surface area contributed by atoms with E-state index in [1.807, 2.05) is 37.3 Å². The van der Waals surface area contributed by atoms with Gasteiger partial charge in [-0.1, -0.05) is 12.1 Å². The molecular weight excluding hydrogens is 265 g/mol. The van der Waals surface area contributed by atoms with E-state index in [4.69, 9.17) is 0 Å². The molecule has 0 amide bonds. The Morgan fingerprint density at radius 1 is 1.20 bits per heavy atom. The third-order valence-electron chi connectivity index (χ3n) is 3.32. The number of halogens is 3. The number of hydrogen-bond acceptors (Lipinski definition) is 2. The van der Waals surface area contributed by atoms with Gasteiger partial charge in [0.2, 0.25) is 0 Å². The molecule has 1 aromatic carbocycles. The van der Waals surface area contributed by atoms with Crippen molar-refractivity contribution in [2.45, 2.75) is 32.0 Å². The molecule has 2 nitrogen and oxygen atoms in total. The van der Waals surface area contributed by atoms with E-state index in [0.29, 0.717) is 0 Å². The van der Waals surface area contributed by atoms with Crippen molar-refractivity contribution in [3.05, 3.63) is 41.6 Å². The number of nitrogens with one attached hydrogen (secondary N) is 1. The molecule has 0 saturated heterocycles. The van der Waals surface area contributed by atoms with E-state index in [1.54, 1.807) is 7.05 Å². The highest BCUT2D eigenvalue weighted by Gasteiger charge is 2.28. The zero-order valence-electron chi connectivity index (χ0n) is 11.5. The molecule has 20 heavy (non-hydrogen) atoms. The van der Waals surface area contributed by atoms with Crippen molar-refractivity contribution in [3.63, 3.8) is 0 Å². The molecule has 2 rings (SSSR count). The summed E-state index contributed by atoms with van der Waals surface area (Å²) < 4.78 is 37.0. The topological polar surface area (TPSA) is 24.9 Å². The van der Waals surface area contributed by atoms with E-state index in [-0.39, 0.29) is 12.5 Å². The highest BCUT2D eigenvalue weighted by atomic mass is 19.4. The standard InChI is InChI=1S/C15H17F3N2/c1-10-3-4-12-9-11(5-6-14(12)20-10)13(19-2)7-8-15(16,17)18/h3-6,9,13,19H,7-8H2,1-2H3. The van der Waals surface area contributed by atoms with Crippen LogP contribution >= 0.6 is 0 Å². The van der Waals surface area contributed by atoms with Gasteiger partial charge < -0.3 is 5.32 Å². The minimum atomic E-state index is -4.12. The van der Waals surface area contributed by atoms with Crippen LogP contribution in [0, 0.1) is 6.92 Å². The quantitative estimate of drug-likeness (QED) is 0.911. The third kappa shape index (κ3) is 3.70. The average Bonchev–Trinajstić information content (AvgIpc) is 2.38. The van der Waals surface area contributed by atoms with Crippen LogP contribution in [0.2, 0.25) is 0 Å². The zero-order valence-corrected chi connectivity index (χ0v) is 11.5. The van der Waals surface area contributed by atoms with Gasteiger partial charge in [0.25, 0.3) is 0 Å². The summed E-state index contributed by atoms with van der Waals surface area (Å²) >= 11 is 0. The van der Waals surface area contributed by atoms with Crippen LogP contribution in [0.3, 0.4) is 0 Å². The highest BCUT2D eigenvalue weighted by Crippen LogP contribution is 2.28. The van der Waals surface area contributed by atoms with Gasteiger partial charge in [-0.3, -0.25) is 4.98 Å². The molecule has 1 atom stereocenters. The number of rotatable bonds is 4. The molecule has 0 radical (unpaired) electrons. The first-order valence-corrected chi connectivity index (χ1v) is 6.50. The maximum Gasteiger partial charge on any atom is 0.389 e. The molecule has 0 aliphatic rings. The summed E-state index contributed by atoms with van der Waals surface area (Å²) in [5, 5.41) is 3.89. The molecule has 1 aromatic heterocycles. The number of aryl methyl sites for hydroxylation is 1. The highest BCUT2D eigenvalue weighted by molar-refractivity contribution is 5.79. The van der Waals surface area contributed by atoms with Crippen molar-refractivity contribution in [2.75, 3.05) is 7.05 Å². The van der Waals surface area contributed by atoms with Gasteiger partial charge in [-0.05, 0) is 44.2 Å². The largest absolute Gasteiger partial charge is 0.389 e. The number of pyridine rings is 1.